The van der Waals surface area contributed by atoms with E-state index in [-0.39, 0.29) is 5.92 Å². The maximum Gasteiger partial charge on any atom is 0.308 e. The average molecular weight is 289 g/mol. The lowest BCUT2D eigenvalue weighted by molar-refractivity contribution is -0.142. The molecule has 114 valence electrons. The van der Waals surface area contributed by atoms with Crippen LogP contribution in [0.3, 0.4) is 0 Å². The second-order valence-electron chi connectivity index (χ2n) is 6.70. The fraction of sp³-hybridized carbons (Fsp3) is 0.688. The molecule has 2 atom stereocenters. The number of aliphatic carboxylic acids is 1. The predicted octanol–water partition coefficient (Wildman–Crippen LogP) is 2.14. The van der Waals surface area contributed by atoms with Crippen molar-refractivity contribution >= 4 is 5.97 Å². The molecule has 0 bridgehead atoms. The van der Waals surface area contributed by atoms with Gasteiger partial charge >= 0.3 is 5.97 Å². The van der Waals surface area contributed by atoms with Crippen molar-refractivity contribution in [2.75, 3.05) is 13.1 Å². The number of carboxylic acid groups (broad SMARTS) is 1. The van der Waals surface area contributed by atoms with E-state index in [1.165, 1.54) is 12.8 Å². The molecule has 1 aromatic rings. The summed E-state index contributed by atoms with van der Waals surface area (Å²) >= 11 is 0. The molecule has 2 fully saturated rings. The van der Waals surface area contributed by atoms with E-state index in [0.717, 1.165) is 24.6 Å². The first kappa shape index (κ1) is 14.4. The van der Waals surface area contributed by atoms with Crippen LogP contribution < -0.4 is 0 Å². The van der Waals surface area contributed by atoms with Crippen molar-refractivity contribution in [1.29, 1.82) is 0 Å². The fourth-order valence-corrected chi connectivity index (χ4v) is 3.31. The SMILES string of the molecule is CC(C)c1nccc(CN2C[C@H](C(=O)O)[C@@H](C3CC3)C2)n1. The predicted molar refractivity (Wildman–Crippen MR) is 78.7 cm³/mol. The maximum absolute atomic E-state index is 11.4. The molecule has 21 heavy (non-hydrogen) atoms. The molecule has 1 saturated heterocycles. The van der Waals surface area contributed by atoms with E-state index in [1.807, 2.05) is 6.07 Å². The number of aromatic nitrogens is 2. The molecule has 2 aliphatic rings. The van der Waals surface area contributed by atoms with E-state index >= 15 is 0 Å². The molecule has 1 saturated carbocycles. The van der Waals surface area contributed by atoms with Crippen molar-refractivity contribution < 1.29 is 9.90 Å². The molecule has 2 heterocycles. The topological polar surface area (TPSA) is 66.3 Å². The van der Waals surface area contributed by atoms with Gasteiger partial charge in [0, 0.05) is 31.7 Å². The highest BCUT2D eigenvalue weighted by Crippen LogP contribution is 2.44. The zero-order valence-electron chi connectivity index (χ0n) is 12.7. The Hall–Kier alpha value is -1.49. The Kier molecular flexibility index (Phi) is 3.93. The normalized spacial score (nSPS) is 26.4. The molecule has 5 heteroatoms. The summed E-state index contributed by atoms with van der Waals surface area (Å²) in [6, 6.07) is 1.94. The summed E-state index contributed by atoms with van der Waals surface area (Å²) in [4.78, 5) is 22.6. The smallest absolute Gasteiger partial charge is 0.308 e. The van der Waals surface area contributed by atoms with Gasteiger partial charge in [0.15, 0.2) is 0 Å². The third-order valence-corrected chi connectivity index (χ3v) is 4.62. The van der Waals surface area contributed by atoms with Crippen molar-refractivity contribution in [2.45, 2.75) is 39.2 Å². The zero-order valence-corrected chi connectivity index (χ0v) is 12.7. The molecule has 3 rings (SSSR count). The summed E-state index contributed by atoms with van der Waals surface area (Å²) in [5.41, 5.74) is 0.995. The zero-order chi connectivity index (χ0) is 15.0. The van der Waals surface area contributed by atoms with Crippen LogP contribution in [-0.2, 0) is 11.3 Å². The molecule has 1 N–H and O–H groups in total. The van der Waals surface area contributed by atoms with Crippen LogP contribution in [0.4, 0.5) is 0 Å². The Balaban J connectivity index is 1.68. The Labute approximate surface area is 125 Å². The second-order valence-corrected chi connectivity index (χ2v) is 6.70. The first-order valence-corrected chi connectivity index (χ1v) is 7.81. The van der Waals surface area contributed by atoms with Crippen molar-refractivity contribution in [3.05, 3.63) is 23.8 Å². The number of rotatable bonds is 5. The van der Waals surface area contributed by atoms with Crippen molar-refractivity contribution in [3.8, 4) is 0 Å². The van der Waals surface area contributed by atoms with Crippen molar-refractivity contribution in [1.82, 2.24) is 14.9 Å². The Bertz CT molecular complexity index is 528. The molecule has 0 unspecified atom stereocenters. The number of hydrogen-bond acceptors (Lipinski definition) is 4. The number of nitrogens with zero attached hydrogens (tertiary/aromatic N) is 3. The fourth-order valence-electron chi connectivity index (χ4n) is 3.31. The van der Waals surface area contributed by atoms with Gasteiger partial charge in [0.05, 0.1) is 11.6 Å². The average Bonchev–Trinajstić information content (AvgIpc) is 3.20. The van der Waals surface area contributed by atoms with Crippen LogP contribution in [0.5, 0.6) is 0 Å². The van der Waals surface area contributed by atoms with Gasteiger partial charge in [-0.3, -0.25) is 9.69 Å². The number of carboxylic acids is 1. The van der Waals surface area contributed by atoms with Crippen LogP contribution in [-0.4, -0.2) is 39.0 Å². The number of hydrogen-bond donors (Lipinski definition) is 1. The van der Waals surface area contributed by atoms with Gasteiger partial charge in [0.1, 0.15) is 5.82 Å². The van der Waals surface area contributed by atoms with E-state index in [1.54, 1.807) is 6.20 Å². The van der Waals surface area contributed by atoms with Crippen LogP contribution in [0.25, 0.3) is 0 Å². The third kappa shape index (κ3) is 3.23. The van der Waals surface area contributed by atoms with Gasteiger partial charge in [0.2, 0.25) is 0 Å². The Morgan fingerprint density at radius 2 is 2.19 bits per heavy atom. The minimum atomic E-state index is -0.639. The van der Waals surface area contributed by atoms with E-state index in [4.69, 9.17) is 0 Å². The summed E-state index contributed by atoms with van der Waals surface area (Å²) in [7, 11) is 0. The summed E-state index contributed by atoms with van der Waals surface area (Å²) in [5.74, 6) is 1.29. The summed E-state index contributed by atoms with van der Waals surface area (Å²) in [6.45, 7) is 6.44. The van der Waals surface area contributed by atoms with Crippen LogP contribution in [0.1, 0.15) is 44.1 Å². The third-order valence-electron chi connectivity index (χ3n) is 4.62. The molecular weight excluding hydrogens is 266 g/mol. The molecule has 0 radical (unpaired) electrons. The molecule has 1 aromatic heterocycles. The van der Waals surface area contributed by atoms with Gasteiger partial charge in [-0.2, -0.15) is 0 Å². The van der Waals surface area contributed by atoms with Gasteiger partial charge in [-0.05, 0) is 30.7 Å². The first-order valence-electron chi connectivity index (χ1n) is 7.81. The maximum atomic E-state index is 11.4. The van der Waals surface area contributed by atoms with Gasteiger partial charge in [-0.25, -0.2) is 9.97 Å². The monoisotopic (exact) mass is 289 g/mol. The lowest BCUT2D eigenvalue weighted by Crippen LogP contribution is -2.24. The lowest BCUT2D eigenvalue weighted by Gasteiger charge is -2.15. The standard InChI is InChI=1S/C16H23N3O2/c1-10(2)15-17-6-5-12(18-15)7-19-8-13(11-3-4-11)14(9-19)16(20)21/h5-6,10-11,13-14H,3-4,7-9H2,1-2H3,(H,20,21)/t13-,14+/m1/s1. The minimum Gasteiger partial charge on any atom is -0.481 e. The summed E-state index contributed by atoms with van der Waals surface area (Å²) in [6.07, 6.45) is 4.21. The van der Waals surface area contributed by atoms with Crippen molar-refractivity contribution in [3.63, 3.8) is 0 Å². The van der Waals surface area contributed by atoms with Crippen molar-refractivity contribution in [2.24, 2.45) is 17.8 Å². The van der Waals surface area contributed by atoms with Gasteiger partial charge in [-0.1, -0.05) is 13.8 Å². The molecule has 1 aliphatic heterocycles. The minimum absolute atomic E-state index is 0.205. The molecule has 5 nitrogen and oxygen atoms in total. The van der Waals surface area contributed by atoms with Gasteiger partial charge in [0.25, 0.3) is 0 Å². The lowest BCUT2D eigenvalue weighted by atomic mass is 9.92. The molecule has 0 spiro atoms. The summed E-state index contributed by atoms with van der Waals surface area (Å²) in [5, 5.41) is 9.41. The molecular formula is C16H23N3O2. The van der Waals surface area contributed by atoms with E-state index < -0.39 is 5.97 Å². The number of carbonyl (C=O) groups is 1. The first-order chi connectivity index (χ1) is 10.0. The second kappa shape index (κ2) is 5.72. The van der Waals surface area contributed by atoms with E-state index in [2.05, 4.69) is 28.7 Å². The quantitative estimate of drug-likeness (QED) is 0.899. The Morgan fingerprint density at radius 3 is 2.81 bits per heavy atom. The van der Waals surface area contributed by atoms with Crippen LogP contribution >= 0.6 is 0 Å². The highest BCUT2D eigenvalue weighted by molar-refractivity contribution is 5.71. The van der Waals surface area contributed by atoms with E-state index in [9.17, 15) is 9.90 Å². The summed E-state index contributed by atoms with van der Waals surface area (Å²) < 4.78 is 0. The van der Waals surface area contributed by atoms with E-state index in [0.29, 0.717) is 24.3 Å². The number of likely N-dealkylation sites (tertiary alicyclic amines) is 1. The Morgan fingerprint density at radius 1 is 1.43 bits per heavy atom. The van der Waals surface area contributed by atoms with Crippen LogP contribution in [0.2, 0.25) is 0 Å². The van der Waals surface area contributed by atoms with Gasteiger partial charge in [-0.15, -0.1) is 0 Å². The van der Waals surface area contributed by atoms with Crippen LogP contribution in [0.15, 0.2) is 12.3 Å². The highest BCUT2D eigenvalue weighted by Gasteiger charge is 2.45. The molecule has 1 aliphatic carbocycles. The molecule has 0 aromatic carbocycles. The van der Waals surface area contributed by atoms with Crippen LogP contribution in [0, 0.1) is 17.8 Å². The largest absolute Gasteiger partial charge is 0.481 e. The van der Waals surface area contributed by atoms with Gasteiger partial charge < -0.3 is 5.11 Å². The molecule has 0 amide bonds. The highest BCUT2D eigenvalue weighted by atomic mass is 16.4.